The first-order valence-corrected chi connectivity index (χ1v) is 3.84. The molecule has 76 valence electrons. The number of nitrogens with one attached hydrogen (secondary N) is 2. The molecule has 0 aliphatic heterocycles. The van der Waals surface area contributed by atoms with Crippen molar-refractivity contribution < 1.29 is 8.78 Å². The van der Waals surface area contributed by atoms with Crippen LogP contribution in [0.3, 0.4) is 0 Å². The lowest BCUT2D eigenvalue weighted by Gasteiger charge is -2.09. The van der Waals surface area contributed by atoms with Gasteiger partial charge in [0.25, 0.3) is 6.43 Å². The molecule has 1 heterocycles. The summed E-state index contributed by atoms with van der Waals surface area (Å²) in [5.74, 6) is -0.939. The van der Waals surface area contributed by atoms with Gasteiger partial charge in [0.05, 0.1) is 0 Å². The van der Waals surface area contributed by atoms with Crippen molar-refractivity contribution in [2.45, 2.75) is 13.3 Å². The van der Waals surface area contributed by atoms with Crippen molar-refractivity contribution in [2.24, 2.45) is 0 Å². The predicted molar refractivity (Wildman–Crippen MR) is 48.6 cm³/mol. The van der Waals surface area contributed by atoms with E-state index in [9.17, 15) is 8.78 Å². The number of aryl methyl sites for hydroxylation is 1. The van der Waals surface area contributed by atoms with E-state index in [0.29, 0.717) is 5.56 Å². The molecule has 4 N–H and O–H groups in total. The predicted octanol–water partition coefficient (Wildman–Crippen LogP) is 0.949. The van der Waals surface area contributed by atoms with Crippen LogP contribution >= 0.6 is 0 Å². The van der Waals surface area contributed by atoms with Crippen LogP contribution in [0.25, 0.3) is 0 Å². The Morgan fingerprint density at radius 2 is 2.14 bits per heavy atom. The highest BCUT2D eigenvalue weighted by Crippen LogP contribution is 2.03. The molecule has 0 aliphatic carbocycles. The molecule has 4 nitrogen and oxygen atoms in total. The molecular formula is C8H10F2N4. The Morgan fingerprint density at radius 1 is 1.57 bits per heavy atom. The molecule has 0 radical (unpaired) electrons. The van der Waals surface area contributed by atoms with Gasteiger partial charge in [-0.3, -0.25) is 15.4 Å². The number of pyridine rings is 1. The third kappa shape index (κ3) is 1.78. The second kappa shape index (κ2) is 3.57. The van der Waals surface area contributed by atoms with Crippen molar-refractivity contribution in [1.29, 1.82) is 10.8 Å². The molecule has 0 saturated heterocycles. The molecule has 1 aromatic rings. The Labute approximate surface area is 79.0 Å². The molecular weight excluding hydrogens is 190 g/mol. The summed E-state index contributed by atoms with van der Waals surface area (Å²) in [5, 5.41) is 14.5. The summed E-state index contributed by atoms with van der Waals surface area (Å²) in [6, 6.07) is 1.50. The number of anilines is 1. The van der Waals surface area contributed by atoms with Gasteiger partial charge in [0.1, 0.15) is 5.49 Å². The lowest BCUT2D eigenvalue weighted by molar-refractivity contribution is 0.219. The fourth-order valence-electron chi connectivity index (χ4n) is 1.05. The molecule has 0 spiro atoms. The van der Waals surface area contributed by atoms with E-state index in [1.165, 1.54) is 6.07 Å². The van der Waals surface area contributed by atoms with Crippen molar-refractivity contribution in [3.05, 3.63) is 23.3 Å². The van der Waals surface area contributed by atoms with E-state index in [1.54, 1.807) is 6.92 Å². The highest BCUT2D eigenvalue weighted by molar-refractivity contribution is 5.84. The number of nitrogens with zero attached hydrogens (tertiary/aromatic N) is 1. The van der Waals surface area contributed by atoms with Crippen LogP contribution in [0.15, 0.2) is 12.3 Å². The maximum atomic E-state index is 12.2. The van der Waals surface area contributed by atoms with Gasteiger partial charge < -0.3 is 5.73 Å². The quantitative estimate of drug-likeness (QED) is 0.458. The van der Waals surface area contributed by atoms with Gasteiger partial charge in [0, 0.05) is 11.9 Å². The average molecular weight is 200 g/mol. The number of alkyl halides is 2. The SMILES string of the molecule is Cc1cc(N)cn(C(=N)C(F)F)c1=N. The van der Waals surface area contributed by atoms with Crippen LogP contribution in [-0.4, -0.2) is 16.8 Å². The number of nitrogen functional groups attached to an aromatic ring is 1. The van der Waals surface area contributed by atoms with E-state index >= 15 is 0 Å². The number of aromatic nitrogens is 1. The van der Waals surface area contributed by atoms with Gasteiger partial charge in [-0.15, -0.1) is 0 Å². The minimum Gasteiger partial charge on any atom is -0.398 e. The van der Waals surface area contributed by atoms with Crippen LogP contribution in [-0.2, 0) is 0 Å². The molecule has 0 unspecified atom stereocenters. The maximum absolute atomic E-state index is 12.2. The normalized spacial score (nSPS) is 10.6. The highest BCUT2D eigenvalue weighted by Gasteiger charge is 2.14. The van der Waals surface area contributed by atoms with Crippen LogP contribution in [0.1, 0.15) is 5.56 Å². The second-order valence-corrected chi connectivity index (χ2v) is 2.86. The smallest absolute Gasteiger partial charge is 0.295 e. The molecule has 0 fully saturated rings. The van der Waals surface area contributed by atoms with Gasteiger partial charge in [-0.2, -0.15) is 0 Å². The fraction of sp³-hybridized carbons (Fsp3) is 0.250. The van der Waals surface area contributed by atoms with Gasteiger partial charge in [-0.25, -0.2) is 8.78 Å². The number of rotatable bonds is 1. The Bertz CT molecular complexity index is 422. The minimum atomic E-state index is -2.91. The summed E-state index contributed by atoms with van der Waals surface area (Å²) in [5.41, 5.74) is 5.98. The van der Waals surface area contributed by atoms with Crippen molar-refractivity contribution >= 4 is 11.5 Å². The summed E-state index contributed by atoms with van der Waals surface area (Å²) in [6.07, 6.45) is -1.77. The molecule has 14 heavy (non-hydrogen) atoms. The van der Waals surface area contributed by atoms with Gasteiger partial charge in [0.2, 0.25) is 0 Å². The zero-order valence-corrected chi connectivity index (χ0v) is 7.51. The molecule has 0 saturated carbocycles. The average Bonchev–Trinajstić information content (AvgIpc) is 2.09. The number of hydrogen-bond acceptors (Lipinski definition) is 3. The third-order valence-electron chi connectivity index (χ3n) is 1.74. The fourth-order valence-corrected chi connectivity index (χ4v) is 1.05. The molecule has 0 bridgehead atoms. The molecule has 1 aromatic heterocycles. The zero-order chi connectivity index (χ0) is 10.9. The Morgan fingerprint density at radius 3 is 2.64 bits per heavy atom. The summed E-state index contributed by atoms with van der Waals surface area (Å²) < 4.78 is 25.1. The first-order valence-electron chi connectivity index (χ1n) is 3.84. The Balaban J connectivity index is 3.35. The zero-order valence-electron chi connectivity index (χ0n) is 7.51. The minimum absolute atomic E-state index is 0.149. The topological polar surface area (TPSA) is 78.7 Å². The standard InChI is InChI=1S/C8H10F2N4/c1-4-2-5(11)3-14(7(4)12)8(13)6(9)10/h2-3,6,12-13H,11H2,1H3. The summed E-state index contributed by atoms with van der Waals surface area (Å²) >= 11 is 0. The maximum Gasteiger partial charge on any atom is 0.295 e. The van der Waals surface area contributed by atoms with E-state index in [0.717, 1.165) is 10.8 Å². The largest absolute Gasteiger partial charge is 0.398 e. The van der Waals surface area contributed by atoms with Crippen LogP contribution < -0.4 is 11.2 Å². The molecule has 0 amide bonds. The van der Waals surface area contributed by atoms with Gasteiger partial charge in [0.15, 0.2) is 5.84 Å². The van der Waals surface area contributed by atoms with E-state index in [1.807, 2.05) is 0 Å². The molecule has 0 aliphatic rings. The third-order valence-corrected chi connectivity index (χ3v) is 1.74. The van der Waals surface area contributed by atoms with Crippen molar-refractivity contribution in [3.8, 4) is 0 Å². The lowest BCUT2D eigenvalue weighted by atomic mass is 10.3. The Hall–Kier alpha value is -1.72. The molecule has 6 heteroatoms. The van der Waals surface area contributed by atoms with Gasteiger partial charge in [-0.1, -0.05) is 0 Å². The van der Waals surface area contributed by atoms with Crippen LogP contribution in [0.4, 0.5) is 14.5 Å². The van der Waals surface area contributed by atoms with E-state index in [2.05, 4.69) is 0 Å². The van der Waals surface area contributed by atoms with Crippen LogP contribution in [0.5, 0.6) is 0 Å². The number of hydrogen-bond donors (Lipinski definition) is 3. The highest BCUT2D eigenvalue weighted by atomic mass is 19.3. The monoisotopic (exact) mass is 200 g/mol. The first kappa shape index (κ1) is 10.4. The summed E-state index contributed by atoms with van der Waals surface area (Å²) in [7, 11) is 0. The summed E-state index contributed by atoms with van der Waals surface area (Å²) in [4.78, 5) is 0. The number of halogens is 2. The second-order valence-electron chi connectivity index (χ2n) is 2.86. The van der Waals surface area contributed by atoms with Crippen LogP contribution in [0, 0.1) is 17.7 Å². The molecule has 0 aromatic carbocycles. The van der Waals surface area contributed by atoms with E-state index in [4.69, 9.17) is 16.6 Å². The van der Waals surface area contributed by atoms with Crippen molar-refractivity contribution in [3.63, 3.8) is 0 Å². The summed E-state index contributed by atoms with van der Waals surface area (Å²) in [6.45, 7) is 1.58. The number of nitrogens with two attached hydrogens (primary N) is 1. The lowest BCUT2D eigenvalue weighted by Crippen LogP contribution is -2.32. The van der Waals surface area contributed by atoms with Crippen LogP contribution in [0.2, 0.25) is 0 Å². The molecule has 0 atom stereocenters. The van der Waals surface area contributed by atoms with Gasteiger partial charge in [-0.05, 0) is 18.6 Å². The van der Waals surface area contributed by atoms with Crippen molar-refractivity contribution in [2.75, 3.05) is 5.73 Å². The molecule has 1 rings (SSSR count). The van der Waals surface area contributed by atoms with Crippen molar-refractivity contribution in [1.82, 2.24) is 4.57 Å². The first-order chi connectivity index (χ1) is 6.43. The van der Waals surface area contributed by atoms with E-state index in [-0.39, 0.29) is 11.2 Å². The van der Waals surface area contributed by atoms with Gasteiger partial charge >= 0.3 is 0 Å². The van der Waals surface area contributed by atoms with E-state index < -0.39 is 12.3 Å². The Kier molecular flexibility index (Phi) is 2.64.